The maximum Gasteiger partial charge on any atom is 0.408 e. The minimum atomic E-state index is -0.944. The van der Waals surface area contributed by atoms with Crippen LogP contribution in [0.2, 0.25) is 0 Å². The van der Waals surface area contributed by atoms with Crippen LogP contribution in [0.3, 0.4) is 0 Å². The number of rotatable bonds is 15. The van der Waals surface area contributed by atoms with Crippen LogP contribution in [0.1, 0.15) is 72.4 Å². The number of amides is 3. The largest absolute Gasteiger partial charge is 0.459 e. The first-order valence-electron chi connectivity index (χ1n) is 15.0. The fourth-order valence-corrected chi connectivity index (χ4v) is 4.30. The van der Waals surface area contributed by atoms with E-state index in [0.29, 0.717) is 0 Å². The van der Waals surface area contributed by atoms with Crippen molar-refractivity contribution in [1.82, 2.24) is 16.0 Å². The Morgan fingerprint density at radius 2 is 1.25 bits per heavy atom. The summed E-state index contributed by atoms with van der Waals surface area (Å²) in [6, 6.07) is 15.7. The minimum absolute atomic E-state index is 0.0746. The molecular weight excluding hydrogens is 562 g/mol. The van der Waals surface area contributed by atoms with Crippen LogP contribution in [-0.4, -0.2) is 53.4 Å². The van der Waals surface area contributed by atoms with Crippen molar-refractivity contribution in [2.75, 3.05) is 0 Å². The second kappa shape index (κ2) is 17.2. The molecule has 2 rings (SSSR count). The normalized spacial score (nSPS) is 13.4. The highest BCUT2D eigenvalue weighted by Crippen LogP contribution is 2.13. The number of benzene rings is 2. The molecule has 3 atom stereocenters. The fourth-order valence-electron chi connectivity index (χ4n) is 4.30. The van der Waals surface area contributed by atoms with Crippen LogP contribution in [0.5, 0.6) is 0 Å². The van der Waals surface area contributed by atoms with Crippen molar-refractivity contribution in [3.8, 4) is 0 Å². The molecule has 3 N–H and O–H groups in total. The molecule has 3 amide bonds. The molecule has 0 spiro atoms. The molecule has 0 radical (unpaired) electrons. The Labute approximate surface area is 260 Å². The predicted octanol–water partition coefficient (Wildman–Crippen LogP) is 4.50. The maximum atomic E-state index is 13.2. The van der Waals surface area contributed by atoms with E-state index in [1.807, 2.05) is 60.7 Å². The van der Waals surface area contributed by atoms with Gasteiger partial charge in [0.2, 0.25) is 11.8 Å². The number of carbonyl (C=O) groups excluding carboxylic acids is 5. The molecule has 0 heterocycles. The first-order valence-corrected chi connectivity index (χ1v) is 15.0. The number of ether oxygens (including phenoxy) is 2. The summed E-state index contributed by atoms with van der Waals surface area (Å²) in [6.07, 6.45) is -0.848. The van der Waals surface area contributed by atoms with Gasteiger partial charge in [0.15, 0.2) is 5.78 Å². The molecule has 2 aromatic rings. The zero-order chi connectivity index (χ0) is 32.9. The van der Waals surface area contributed by atoms with E-state index in [-0.39, 0.29) is 43.5 Å². The fraction of sp³-hybridized carbons (Fsp3) is 0.500. The van der Waals surface area contributed by atoms with Crippen LogP contribution < -0.4 is 16.0 Å². The van der Waals surface area contributed by atoms with Crippen molar-refractivity contribution >= 4 is 29.7 Å². The second-order valence-corrected chi connectivity index (χ2v) is 12.5. The Morgan fingerprint density at radius 3 is 1.77 bits per heavy atom. The summed E-state index contributed by atoms with van der Waals surface area (Å²) in [4.78, 5) is 64.6. The van der Waals surface area contributed by atoms with E-state index >= 15 is 0 Å². The molecule has 0 fully saturated rings. The molecule has 240 valence electrons. The van der Waals surface area contributed by atoms with Gasteiger partial charge in [-0.15, -0.1) is 0 Å². The van der Waals surface area contributed by atoms with Gasteiger partial charge in [-0.05, 0) is 50.2 Å². The van der Waals surface area contributed by atoms with Crippen molar-refractivity contribution in [3.05, 3.63) is 71.8 Å². The van der Waals surface area contributed by atoms with Crippen molar-refractivity contribution in [3.63, 3.8) is 0 Å². The second-order valence-electron chi connectivity index (χ2n) is 12.5. The van der Waals surface area contributed by atoms with E-state index < -0.39 is 47.6 Å². The smallest absolute Gasteiger partial charge is 0.408 e. The molecule has 44 heavy (non-hydrogen) atoms. The number of esters is 1. The first-order chi connectivity index (χ1) is 20.7. The van der Waals surface area contributed by atoms with Crippen LogP contribution in [0, 0.1) is 11.8 Å². The van der Waals surface area contributed by atoms with Gasteiger partial charge in [0.05, 0.1) is 6.04 Å². The molecule has 0 aliphatic heterocycles. The molecule has 10 nitrogen and oxygen atoms in total. The monoisotopic (exact) mass is 609 g/mol. The van der Waals surface area contributed by atoms with Crippen molar-refractivity contribution in [1.29, 1.82) is 0 Å². The Morgan fingerprint density at radius 1 is 0.705 bits per heavy atom. The summed E-state index contributed by atoms with van der Waals surface area (Å²) >= 11 is 0. The quantitative estimate of drug-likeness (QED) is 0.253. The molecule has 0 saturated heterocycles. The van der Waals surface area contributed by atoms with Gasteiger partial charge in [-0.1, -0.05) is 88.4 Å². The summed E-state index contributed by atoms with van der Waals surface area (Å²) < 4.78 is 10.8. The van der Waals surface area contributed by atoms with E-state index in [4.69, 9.17) is 9.47 Å². The van der Waals surface area contributed by atoms with E-state index in [2.05, 4.69) is 16.0 Å². The number of Topliss-reactive ketones (excluding diaryl/α,β-unsaturated/α-hetero) is 1. The van der Waals surface area contributed by atoms with Crippen LogP contribution in [0.4, 0.5) is 4.79 Å². The molecular formula is C34H47N3O7. The van der Waals surface area contributed by atoms with Crippen LogP contribution in [0.15, 0.2) is 60.7 Å². The minimum Gasteiger partial charge on any atom is -0.459 e. The molecule has 2 aromatic carbocycles. The molecule has 0 aliphatic carbocycles. The lowest BCUT2D eigenvalue weighted by molar-refractivity contribution is -0.150. The average Bonchev–Trinajstić information content (AvgIpc) is 2.95. The highest BCUT2D eigenvalue weighted by molar-refractivity contribution is 5.93. The van der Waals surface area contributed by atoms with Crippen LogP contribution in [-0.2, 0) is 41.7 Å². The van der Waals surface area contributed by atoms with Crippen LogP contribution >= 0.6 is 0 Å². The molecule has 0 saturated carbocycles. The number of nitrogens with one attached hydrogen (secondary N) is 3. The third-order valence-corrected chi connectivity index (χ3v) is 6.67. The number of ketones is 1. The van der Waals surface area contributed by atoms with Gasteiger partial charge in [0, 0.05) is 12.8 Å². The Balaban J connectivity index is 2.01. The van der Waals surface area contributed by atoms with Gasteiger partial charge in [-0.3, -0.25) is 14.4 Å². The summed E-state index contributed by atoms with van der Waals surface area (Å²) in [5, 5.41) is 8.07. The average molecular weight is 610 g/mol. The standard InChI is InChI=1S/C34H47N3O7/c1-22(2)29(31(40)37-30(23(3)4)32(41)43-21-25-16-12-9-13-17-25)36-28(39)19-18-27(38)26(20-24-14-10-8-11-15-24)35-33(42)44-34(5,6)7/h8-17,22-23,26,29-30H,18-21H2,1-7H3,(H,35,42)(H,36,39)(H,37,40)/t26-,29-,30-/m0/s1. The molecule has 0 unspecified atom stereocenters. The highest BCUT2D eigenvalue weighted by Gasteiger charge is 2.32. The summed E-state index contributed by atoms with van der Waals surface area (Å²) in [5.74, 6) is -2.51. The van der Waals surface area contributed by atoms with Gasteiger partial charge in [-0.2, -0.15) is 0 Å². The van der Waals surface area contributed by atoms with E-state index in [1.54, 1.807) is 48.5 Å². The van der Waals surface area contributed by atoms with Gasteiger partial charge in [-0.25, -0.2) is 9.59 Å². The summed E-state index contributed by atoms with van der Waals surface area (Å²) in [6.45, 7) is 12.4. The lowest BCUT2D eigenvalue weighted by Crippen LogP contribution is -2.55. The number of hydrogen-bond donors (Lipinski definition) is 3. The van der Waals surface area contributed by atoms with E-state index in [1.165, 1.54) is 0 Å². The highest BCUT2D eigenvalue weighted by atomic mass is 16.6. The zero-order valence-electron chi connectivity index (χ0n) is 26.8. The van der Waals surface area contributed by atoms with Gasteiger partial charge < -0.3 is 25.4 Å². The summed E-state index contributed by atoms with van der Waals surface area (Å²) in [7, 11) is 0. The lowest BCUT2D eigenvalue weighted by atomic mass is 9.98. The first kappa shape index (κ1) is 36.0. The van der Waals surface area contributed by atoms with Crippen LogP contribution in [0.25, 0.3) is 0 Å². The van der Waals surface area contributed by atoms with Gasteiger partial charge in [0.1, 0.15) is 24.3 Å². The van der Waals surface area contributed by atoms with Gasteiger partial charge in [0.25, 0.3) is 0 Å². The third kappa shape index (κ3) is 13.0. The Hall–Kier alpha value is -4.21. The van der Waals surface area contributed by atoms with Crippen molar-refractivity contribution in [2.24, 2.45) is 11.8 Å². The SMILES string of the molecule is CC(C)[C@H](NC(=O)CCC(=O)[C@H](Cc1ccccc1)NC(=O)OC(C)(C)C)C(=O)N[C@H](C(=O)OCc1ccccc1)C(C)C. The predicted molar refractivity (Wildman–Crippen MR) is 167 cm³/mol. The topological polar surface area (TPSA) is 140 Å². The van der Waals surface area contributed by atoms with E-state index in [0.717, 1.165) is 11.1 Å². The number of carbonyl (C=O) groups is 5. The molecule has 10 heteroatoms. The molecule has 0 aromatic heterocycles. The lowest BCUT2D eigenvalue weighted by Gasteiger charge is -2.26. The van der Waals surface area contributed by atoms with Crippen molar-refractivity contribution in [2.45, 2.75) is 98.1 Å². The van der Waals surface area contributed by atoms with E-state index in [9.17, 15) is 24.0 Å². The number of hydrogen-bond acceptors (Lipinski definition) is 7. The van der Waals surface area contributed by atoms with Gasteiger partial charge >= 0.3 is 12.1 Å². The molecule has 0 bridgehead atoms. The third-order valence-electron chi connectivity index (χ3n) is 6.67. The van der Waals surface area contributed by atoms with Crippen molar-refractivity contribution < 1.29 is 33.4 Å². The molecule has 0 aliphatic rings. The summed E-state index contributed by atoms with van der Waals surface area (Å²) in [5.41, 5.74) is 0.915. The zero-order valence-corrected chi connectivity index (χ0v) is 26.8. The maximum absolute atomic E-state index is 13.2. The number of alkyl carbamates (subject to hydrolysis) is 1. The Kier molecular flexibility index (Phi) is 14.0. The Bertz CT molecular complexity index is 1240.